The van der Waals surface area contributed by atoms with Crippen LogP contribution in [0.1, 0.15) is 25.0 Å². The van der Waals surface area contributed by atoms with Crippen molar-refractivity contribution in [2.45, 2.75) is 56.0 Å². The number of rotatable bonds is 9. The Hall–Kier alpha value is -3.69. The van der Waals surface area contributed by atoms with Crippen molar-refractivity contribution < 1.29 is 37.4 Å². The second-order valence-electron chi connectivity index (χ2n) is 9.63. The lowest BCUT2D eigenvalue weighted by Crippen LogP contribution is -2.60. The fourth-order valence-electron chi connectivity index (χ4n) is 4.34. The van der Waals surface area contributed by atoms with Crippen LogP contribution in [0.15, 0.2) is 60.7 Å². The first-order chi connectivity index (χ1) is 18.8. The first kappa shape index (κ1) is 30.8. The fraction of sp³-hybridized carbons (Fsp3) is 0.393. The van der Waals surface area contributed by atoms with Crippen LogP contribution in [0.3, 0.4) is 0 Å². The van der Waals surface area contributed by atoms with Crippen molar-refractivity contribution in [3.05, 3.63) is 71.8 Å². The summed E-state index contributed by atoms with van der Waals surface area (Å²) < 4.78 is 46.1. The van der Waals surface area contributed by atoms with Gasteiger partial charge in [-0.15, -0.1) is 31.4 Å². The average Bonchev–Trinajstić information content (AvgIpc) is 3.24. The number of aliphatic hydroxyl groups is 1. The van der Waals surface area contributed by atoms with Crippen LogP contribution in [-0.2, 0) is 27.3 Å². The van der Waals surface area contributed by atoms with E-state index in [0.29, 0.717) is 5.56 Å². The van der Waals surface area contributed by atoms with E-state index in [0.717, 1.165) is 16.7 Å². The summed E-state index contributed by atoms with van der Waals surface area (Å²) in [7, 11) is 0. The van der Waals surface area contributed by atoms with Gasteiger partial charge in [-0.1, -0.05) is 66.6 Å². The van der Waals surface area contributed by atoms with Crippen molar-refractivity contribution in [3.8, 4) is 12.3 Å². The Balaban J connectivity index is 1.89. The molecule has 1 saturated heterocycles. The molecule has 3 atom stereocenters. The summed E-state index contributed by atoms with van der Waals surface area (Å²) in [6.07, 6.45) is -2.82. The van der Waals surface area contributed by atoms with E-state index >= 15 is 0 Å². The van der Waals surface area contributed by atoms with Gasteiger partial charge in [0.2, 0.25) is 0 Å². The number of terminal acetylenes is 1. The highest BCUT2D eigenvalue weighted by molar-refractivity contribution is 8.00. The maximum absolute atomic E-state index is 14.1. The predicted molar refractivity (Wildman–Crippen MR) is 143 cm³/mol. The third-order valence-electron chi connectivity index (χ3n) is 6.34. The van der Waals surface area contributed by atoms with E-state index in [-0.39, 0.29) is 29.4 Å². The number of alkyl carbamates (subject to hydrolysis) is 1. The minimum absolute atomic E-state index is 0.00935. The molecule has 1 aliphatic heterocycles. The summed E-state index contributed by atoms with van der Waals surface area (Å²) in [6, 6.07) is 13.6. The van der Waals surface area contributed by atoms with Gasteiger partial charge in [0.1, 0.15) is 6.04 Å². The van der Waals surface area contributed by atoms with Gasteiger partial charge in [0, 0.05) is 4.75 Å². The summed E-state index contributed by atoms with van der Waals surface area (Å²) in [6.45, 7) is 2.03. The molecule has 0 bridgehead atoms. The Kier molecular flexibility index (Phi) is 10.1. The third-order valence-corrected chi connectivity index (χ3v) is 7.72. The Morgan fingerprint density at radius 1 is 1.15 bits per heavy atom. The highest BCUT2D eigenvalue weighted by Crippen LogP contribution is 2.42. The molecule has 3 unspecified atom stereocenters. The van der Waals surface area contributed by atoms with Gasteiger partial charge in [0.15, 0.2) is 12.7 Å². The molecule has 2 aromatic rings. The Labute approximate surface area is 234 Å². The van der Waals surface area contributed by atoms with E-state index < -0.39 is 53.7 Å². The summed E-state index contributed by atoms with van der Waals surface area (Å²) >= 11 is 1.11. The van der Waals surface area contributed by atoms with E-state index in [2.05, 4.69) is 11.2 Å². The average molecular weight is 578 g/mol. The van der Waals surface area contributed by atoms with Crippen molar-refractivity contribution in [1.82, 2.24) is 15.1 Å². The number of carbonyl (C=O) groups is 3. The molecule has 12 heteroatoms. The topological polar surface area (TPSA) is 99.2 Å². The first-order valence-electron chi connectivity index (χ1n) is 12.3. The number of hydrogen-bond donors (Lipinski definition) is 2. The number of nitrogens with one attached hydrogen (secondary N) is 1. The molecule has 0 aromatic heterocycles. The van der Waals surface area contributed by atoms with Gasteiger partial charge in [0.05, 0.1) is 18.5 Å². The second kappa shape index (κ2) is 13.1. The molecule has 3 amide bonds. The number of ether oxygens (including phenoxy) is 1. The summed E-state index contributed by atoms with van der Waals surface area (Å²) in [5, 5.41) is 13.5. The molecular formula is C28H30F3N3O5S. The molecule has 0 radical (unpaired) electrons. The molecule has 8 nitrogen and oxygen atoms in total. The van der Waals surface area contributed by atoms with Crippen molar-refractivity contribution in [2.75, 3.05) is 12.5 Å². The lowest BCUT2D eigenvalue weighted by atomic mass is 9.97. The Morgan fingerprint density at radius 2 is 1.73 bits per heavy atom. The Morgan fingerprint density at radius 3 is 2.27 bits per heavy atom. The highest BCUT2D eigenvalue weighted by Gasteiger charge is 2.54. The number of benzene rings is 2. The number of amides is 3. The first-order valence-corrected chi connectivity index (χ1v) is 13.3. The molecule has 1 aliphatic rings. The number of hydrogen-bond acceptors (Lipinski definition) is 6. The number of alkyl halides is 3. The van der Waals surface area contributed by atoms with E-state index in [1.807, 2.05) is 0 Å². The smallest absolute Gasteiger partial charge is 0.436 e. The molecule has 0 saturated carbocycles. The number of halogens is 3. The summed E-state index contributed by atoms with van der Waals surface area (Å²) in [5.74, 6) is -0.344. The van der Waals surface area contributed by atoms with Crippen molar-refractivity contribution in [1.29, 1.82) is 0 Å². The van der Waals surface area contributed by atoms with Crippen molar-refractivity contribution >= 4 is 29.7 Å². The number of aliphatic hydroxyl groups excluding tert-OH is 1. The molecule has 0 spiro atoms. The molecule has 0 aliphatic carbocycles. The number of carbonyl (C=O) groups excluding carboxylic acids is 3. The van der Waals surface area contributed by atoms with Crippen molar-refractivity contribution in [3.63, 3.8) is 0 Å². The molecule has 40 heavy (non-hydrogen) atoms. The Bertz CT molecular complexity index is 1220. The normalized spacial score (nSPS) is 17.8. The lowest BCUT2D eigenvalue weighted by molar-refractivity contribution is -0.246. The SMILES string of the molecule is C#CCOC(=O)NC(Cc1ccccc1)C(O)C(=O)N1CSC(C)(C)C1C(=O)N(Cc1ccccc1)C(F)(F)F. The summed E-state index contributed by atoms with van der Waals surface area (Å²) in [5.41, 5.74) is 0.915. The van der Waals surface area contributed by atoms with E-state index in [1.54, 1.807) is 62.4 Å². The van der Waals surface area contributed by atoms with Gasteiger partial charge >= 0.3 is 12.4 Å². The van der Waals surface area contributed by atoms with Crippen LogP contribution in [0.4, 0.5) is 18.0 Å². The number of thioether (sulfide) groups is 1. The lowest BCUT2D eigenvalue weighted by Gasteiger charge is -2.37. The molecule has 2 N–H and O–H groups in total. The van der Waals surface area contributed by atoms with E-state index in [9.17, 15) is 32.7 Å². The van der Waals surface area contributed by atoms with E-state index in [1.165, 1.54) is 12.1 Å². The zero-order valence-corrected chi connectivity index (χ0v) is 22.7. The zero-order valence-electron chi connectivity index (χ0n) is 21.9. The predicted octanol–water partition coefficient (Wildman–Crippen LogP) is 3.55. The standard InChI is InChI=1S/C28H30F3N3O5S/c1-4-15-39-26(38)32-21(16-19-11-7-5-8-12-19)22(35)24(36)33-18-40-27(2,3)23(33)25(37)34(28(29,30)31)17-20-13-9-6-10-14-20/h1,5-14,21-23,35H,15-18H2,2-3H3,(H,32,38). The van der Waals surface area contributed by atoms with Crippen LogP contribution in [0.25, 0.3) is 0 Å². The largest absolute Gasteiger partial charge is 0.487 e. The highest BCUT2D eigenvalue weighted by atomic mass is 32.2. The monoisotopic (exact) mass is 577 g/mol. The van der Waals surface area contributed by atoms with Gasteiger partial charge in [-0.2, -0.15) is 0 Å². The fourth-order valence-corrected chi connectivity index (χ4v) is 5.48. The van der Waals surface area contributed by atoms with Gasteiger partial charge in [-0.25, -0.2) is 9.69 Å². The van der Waals surface area contributed by atoms with Crippen LogP contribution >= 0.6 is 11.8 Å². The van der Waals surface area contributed by atoms with Gasteiger partial charge in [0.25, 0.3) is 11.8 Å². The molecular weight excluding hydrogens is 547 g/mol. The van der Waals surface area contributed by atoms with Gasteiger partial charge in [-0.3, -0.25) is 9.59 Å². The maximum Gasteiger partial charge on any atom is 0.487 e. The molecule has 1 fully saturated rings. The molecule has 214 valence electrons. The summed E-state index contributed by atoms with van der Waals surface area (Å²) in [4.78, 5) is 40.1. The maximum atomic E-state index is 14.1. The minimum atomic E-state index is -5.03. The van der Waals surface area contributed by atoms with Crippen LogP contribution in [0.5, 0.6) is 0 Å². The van der Waals surface area contributed by atoms with Gasteiger partial charge in [-0.05, 0) is 31.4 Å². The minimum Gasteiger partial charge on any atom is -0.436 e. The quantitative estimate of drug-likeness (QED) is 0.350. The van der Waals surface area contributed by atoms with Crippen LogP contribution in [0.2, 0.25) is 0 Å². The second-order valence-corrected chi connectivity index (χ2v) is 11.2. The van der Waals surface area contributed by atoms with Crippen molar-refractivity contribution in [2.24, 2.45) is 0 Å². The molecule has 2 aromatic carbocycles. The molecule has 1 heterocycles. The van der Waals surface area contributed by atoms with Crippen LogP contribution in [0, 0.1) is 12.3 Å². The van der Waals surface area contributed by atoms with Crippen LogP contribution in [-0.4, -0.2) is 74.5 Å². The van der Waals surface area contributed by atoms with Crippen LogP contribution < -0.4 is 5.32 Å². The third kappa shape index (κ3) is 7.70. The zero-order chi connectivity index (χ0) is 29.5. The van der Waals surface area contributed by atoms with Gasteiger partial charge < -0.3 is 20.1 Å². The number of nitrogens with zero attached hydrogens (tertiary/aromatic N) is 2. The van der Waals surface area contributed by atoms with E-state index in [4.69, 9.17) is 11.2 Å². The molecule has 3 rings (SSSR count).